The summed E-state index contributed by atoms with van der Waals surface area (Å²) in [6, 6.07) is 7.81. The lowest BCUT2D eigenvalue weighted by Crippen LogP contribution is -2.38. The fourth-order valence-corrected chi connectivity index (χ4v) is 5.19. The van der Waals surface area contributed by atoms with Crippen LogP contribution in [0.4, 0.5) is 8.78 Å². The summed E-state index contributed by atoms with van der Waals surface area (Å²) in [4.78, 5) is 15.1. The largest absolute Gasteiger partial charge is 0.496 e. The molecule has 2 heterocycles. The molecule has 0 fully saturated rings. The van der Waals surface area contributed by atoms with Crippen molar-refractivity contribution in [3.63, 3.8) is 0 Å². The number of pyridine rings is 1. The summed E-state index contributed by atoms with van der Waals surface area (Å²) >= 11 is 0. The summed E-state index contributed by atoms with van der Waals surface area (Å²) < 4.78 is 59.3. The van der Waals surface area contributed by atoms with Crippen LogP contribution in [0, 0.1) is 11.6 Å². The molecule has 3 aromatic rings. The lowest BCUT2D eigenvalue weighted by atomic mass is 9.91. The van der Waals surface area contributed by atoms with Gasteiger partial charge < -0.3 is 9.30 Å². The third kappa shape index (κ3) is 4.37. The first-order valence-corrected chi connectivity index (χ1v) is 12.7. The maximum atomic E-state index is 14.5. The summed E-state index contributed by atoms with van der Waals surface area (Å²) in [6.07, 6.45) is 3.25. The van der Waals surface area contributed by atoms with Crippen molar-refractivity contribution in [1.29, 1.82) is 0 Å². The molecule has 1 aliphatic heterocycles. The van der Waals surface area contributed by atoms with Gasteiger partial charge in [0.15, 0.2) is 9.84 Å². The van der Waals surface area contributed by atoms with Crippen LogP contribution in [0.2, 0.25) is 0 Å². The van der Waals surface area contributed by atoms with Crippen LogP contribution in [0.25, 0.3) is 11.1 Å². The first-order chi connectivity index (χ1) is 16.0. The quantitative estimate of drug-likeness (QED) is 0.546. The molecule has 4 rings (SSSR count). The Morgan fingerprint density at radius 3 is 2.44 bits per heavy atom. The number of sulfone groups is 1. The molecule has 0 saturated carbocycles. The van der Waals surface area contributed by atoms with E-state index in [1.807, 2.05) is 11.8 Å². The second kappa shape index (κ2) is 8.96. The Balaban J connectivity index is 1.85. The van der Waals surface area contributed by atoms with E-state index in [9.17, 15) is 22.0 Å². The van der Waals surface area contributed by atoms with Crippen LogP contribution in [-0.2, 0) is 29.9 Å². The van der Waals surface area contributed by atoms with Gasteiger partial charge in [0, 0.05) is 67.0 Å². The van der Waals surface area contributed by atoms with E-state index in [0.29, 0.717) is 47.5 Å². The smallest absolute Gasteiger partial charge is 0.253 e. The number of methoxy groups -OCH3 is 1. The van der Waals surface area contributed by atoms with Crippen LogP contribution < -0.4 is 10.3 Å². The van der Waals surface area contributed by atoms with Crippen LogP contribution in [0.15, 0.2) is 52.3 Å². The number of hydrogen-bond donors (Lipinski definition) is 0. The number of benzene rings is 2. The predicted octanol–water partition coefficient (Wildman–Crippen LogP) is 3.86. The van der Waals surface area contributed by atoms with Gasteiger partial charge in [-0.05, 0) is 43.2 Å². The van der Waals surface area contributed by atoms with Crippen LogP contribution in [0.1, 0.15) is 29.7 Å². The molecule has 0 saturated heterocycles. The monoisotopic (exact) mass is 488 g/mol. The molecular formula is C25H26F2N2O4S. The number of fused-ring (bicyclic) bond motifs is 1. The average Bonchev–Trinajstić information content (AvgIpc) is 2.79. The van der Waals surface area contributed by atoms with E-state index < -0.39 is 21.5 Å². The van der Waals surface area contributed by atoms with Crippen molar-refractivity contribution in [3.05, 3.63) is 81.3 Å². The number of hydrogen-bond acceptors (Lipinski definition) is 5. The van der Waals surface area contributed by atoms with Gasteiger partial charge >= 0.3 is 0 Å². The molecule has 2 aromatic carbocycles. The van der Waals surface area contributed by atoms with Gasteiger partial charge in [0.25, 0.3) is 5.56 Å². The van der Waals surface area contributed by atoms with Gasteiger partial charge in [-0.15, -0.1) is 0 Å². The second-order valence-corrected chi connectivity index (χ2v) is 10.6. The Morgan fingerprint density at radius 2 is 1.79 bits per heavy atom. The molecule has 0 amide bonds. The normalized spacial score (nSPS) is 15.1. The molecule has 0 aliphatic carbocycles. The van der Waals surface area contributed by atoms with Crippen LogP contribution in [0.3, 0.4) is 0 Å². The minimum absolute atomic E-state index is 0.128. The van der Waals surface area contributed by atoms with Crippen molar-refractivity contribution in [3.8, 4) is 16.9 Å². The standard InChI is InChI=1S/C25H26F2N2O4S/c1-15(18-7-5-16(26)11-23(18)27)29-10-9-19-22(14-29)21(13-28(2)25(19)30)20-12-17(34(4,31)32)6-8-24(20)33-3/h5-8,11-13,15H,9-10,14H2,1-4H3/t15-/m0/s1. The SMILES string of the molecule is COc1ccc(S(C)(=O)=O)cc1-c1cn(C)c(=O)c2c1CN([C@@H](C)c1ccc(F)cc1F)CC2. The average molecular weight is 489 g/mol. The lowest BCUT2D eigenvalue weighted by Gasteiger charge is -2.35. The van der Waals surface area contributed by atoms with Crippen molar-refractivity contribution in [2.45, 2.75) is 30.8 Å². The molecule has 6 nitrogen and oxygen atoms in total. The molecule has 1 atom stereocenters. The number of aromatic nitrogens is 1. The van der Waals surface area contributed by atoms with Gasteiger partial charge in [-0.2, -0.15) is 0 Å². The van der Waals surface area contributed by atoms with Crippen molar-refractivity contribution >= 4 is 9.84 Å². The number of ether oxygens (including phenoxy) is 1. The maximum Gasteiger partial charge on any atom is 0.253 e. The van der Waals surface area contributed by atoms with Gasteiger partial charge in [0.1, 0.15) is 17.4 Å². The molecule has 0 unspecified atom stereocenters. The van der Waals surface area contributed by atoms with Gasteiger partial charge in [0.05, 0.1) is 12.0 Å². The van der Waals surface area contributed by atoms with Crippen LogP contribution >= 0.6 is 0 Å². The van der Waals surface area contributed by atoms with Crippen molar-refractivity contribution < 1.29 is 21.9 Å². The number of halogens is 2. The molecule has 180 valence electrons. The minimum atomic E-state index is -3.47. The molecule has 0 spiro atoms. The summed E-state index contributed by atoms with van der Waals surface area (Å²) in [5, 5.41) is 0. The van der Waals surface area contributed by atoms with E-state index in [1.165, 1.54) is 29.9 Å². The fourth-order valence-electron chi connectivity index (χ4n) is 4.54. The zero-order valence-electron chi connectivity index (χ0n) is 19.4. The van der Waals surface area contributed by atoms with E-state index in [2.05, 4.69) is 0 Å². The first kappa shape index (κ1) is 24.1. The number of nitrogens with zero attached hydrogens (tertiary/aromatic N) is 2. The third-order valence-corrected chi connectivity index (χ3v) is 7.56. The van der Waals surface area contributed by atoms with E-state index in [4.69, 9.17) is 4.74 Å². The van der Waals surface area contributed by atoms with Crippen LogP contribution in [0.5, 0.6) is 5.75 Å². The Kier molecular flexibility index (Phi) is 6.35. The molecule has 0 N–H and O–H groups in total. The molecular weight excluding hydrogens is 462 g/mol. The molecule has 9 heteroatoms. The summed E-state index contributed by atoms with van der Waals surface area (Å²) in [6.45, 7) is 2.70. The lowest BCUT2D eigenvalue weighted by molar-refractivity contribution is 0.188. The summed E-state index contributed by atoms with van der Waals surface area (Å²) in [7, 11) is -0.319. The van der Waals surface area contributed by atoms with Gasteiger partial charge in [-0.1, -0.05) is 6.07 Å². The zero-order chi connectivity index (χ0) is 24.8. The number of rotatable bonds is 5. The van der Waals surface area contributed by atoms with Crippen LogP contribution in [-0.4, -0.2) is 37.8 Å². The van der Waals surface area contributed by atoms with Gasteiger partial charge in [-0.3, -0.25) is 9.69 Å². The minimum Gasteiger partial charge on any atom is -0.496 e. The Hall–Kier alpha value is -3.04. The van der Waals surface area contributed by atoms with Gasteiger partial charge in [0.2, 0.25) is 0 Å². The zero-order valence-corrected chi connectivity index (χ0v) is 20.2. The van der Waals surface area contributed by atoms with Crippen molar-refractivity contribution in [2.24, 2.45) is 7.05 Å². The Bertz CT molecular complexity index is 1430. The highest BCUT2D eigenvalue weighted by molar-refractivity contribution is 7.90. The molecule has 0 bridgehead atoms. The highest BCUT2D eigenvalue weighted by Crippen LogP contribution is 2.38. The fraction of sp³-hybridized carbons (Fsp3) is 0.320. The molecule has 1 aliphatic rings. The van der Waals surface area contributed by atoms with E-state index >= 15 is 0 Å². The Morgan fingerprint density at radius 1 is 1.06 bits per heavy atom. The predicted molar refractivity (Wildman–Crippen MR) is 126 cm³/mol. The third-order valence-electron chi connectivity index (χ3n) is 6.45. The van der Waals surface area contributed by atoms with E-state index in [1.54, 1.807) is 25.4 Å². The summed E-state index contributed by atoms with van der Waals surface area (Å²) in [5.41, 5.74) is 2.85. The number of aryl methyl sites for hydroxylation is 1. The molecule has 0 radical (unpaired) electrons. The van der Waals surface area contributed by atoms with Crippen molar-refractivity contribution in [1.82, 2.24) is 9.47 Å². The highest BCUT2D eigenvalue weighted by atomic mass is 32.2. The van der Waals surface area contributed by atoms with E-state index in [0.717, 1.165) is 17.9 Å². The van der Waals surface area contributed by atoms with Crippen molar-refractivity contribution in [2.75, 3.05) is 19.9 Å². The maximum absolute atomic E-state index is 14.5. The topological polar surface area (TPSA) is 68.6 Å². The molecule has 1 aromatic heterocycles. The molecule has 34 heavy (non-hydrogen) atoms. The van der Waals surface area contributed by atoms with E-state index in [-0.39, 0.29) is 16.5 Å². The van der Waals surface area contributed by atoms with Gasteiger partial charge in [-0.25, -0.2) is 17.2 Å². The first-order valence-electron chi connectivity index (χ1n) is 10.8. The Labute approximate surface area is 197 Å². The summed E-state index contributed by atoms with van der Waals surface area (Å²) in [5.74, 6) is -0.783. The highest BCUT2D eigenvalue weighted by Gasteiger charge is 2.29. The second-order valence-electron chi connectivity index (χ2n) is 8.61.